The highest BCUT2D eigenvalue weighted by Gasteiger charge is 2.17. The molecule has 7 heteroatoms. The van der Waals surface area contributed by atoms with E-state index >= 15 is 0 Å². The van der Waals surface area contributed by atoms with Gasteiger partial charge in [-0.3, -0.25) is 4.79 Å². The van der Waals surface area contributed by atoms with Gasteiger partial charge in [0.15, 0.2) is 8.68 Å². The van der Waals surface area contributed by atoms with Crippen LogP contribution in [-0.4, -0.2) is 27.6 Å². The average Bonchev–Trinajstić information content (AvgIpc) is 2.87. The second-order valence-electron chi connectivity index (χ2n) is 3.65. The molecule has 1 aromatic heterocycles. The Morgan fingerprint density at radius 1 is 1.26 bits per heavy atom. The molecule has 0 bridgehead atoms. The number of nitrogens with zero attached hydrogens (tertiary/aromatic N) is 2. The summed E-state index contributed by atoms with van der Waals surface area (Å²) in [6.45, 7) is 1.86. The smallest absolute Gasteiger partial charge is 0.237 e. The first-order chi connectivity index (χ1) is 9.19. The van der Waals surface area contributed by atoms with Gasteiger partial charge in [-0.05, 0) is 25.3 Å². The van der Waals surface area contributed by atoms with Crippen molar-refractivity contribution >= 4 is 46.5 Å². The Morgan fingerprint density at radius 3 is 2.58 bits per heavy atom. The van der Waals surface area contributed by atoms with Crippen molar-refractivity contribution in [3.8, 4) is 0 Å². The van der Waals surface area contributed by atoms with E-state index in [2.05, 4.69) is 15.5 Å². The van der Waals surface area contributed by atoms with Crippen molar-refractivity contribution in [1.29, 1.82) is 0 Å². The van der Waals surface area contributed by atoms with Crippen LogP contribution < -0.4 is 5.32 Å². The van der Waals surface area contributed by atoms with Gasteiger partial charge in [-0.15, -0.1) is 10.2 Å². The number of hydrogen-bond acceptors (Lipinski definition) is 6. The van der Waals surface area contributed by atoms with E-state index in [4.69, 9.17) is 0 Å². The molecule has 1 unspecified atom stereocenters. The second-order valence-corrected chi connectivity index (χ2v) is 7.27. The zero-order valence-electron chi connectivity index (χ0n) is 10.5. The van der Waals surface area contributed by atoms with Crippen molar-refractivity contribution in [3.05, 3.63) is 30.3 Å². The van der Waals surface area contributed by atoms with Crippen molar-refractivity contribution < 1.29 is 4.79 Å². The molecule has 0 aliphatic heterocycles. The summed E-state index contributed by atoms with van der Waals surface area (Å²) in [5.41, 5.74) is 0.807. The minimum atomic E-state index is -0.206. The van der Waals surface area contributed by atoms with Gasteiger partial charge < -0.3 is 5.32 Å². The van der Waals surface area contributed by atoms with Crippen LogP contribution in [0.15, 0.2) is 39.0 Å². The van der Waals surface area contributed by atoms with Gasteiger partial charge in [0.2, 0.25) is 5.91 Å². The summed E-state index contributed by atoms with van der Waals surface area (Å²) in [6, 6.07) is 9.43. The summed E-state index contributed by atoms with van der Waals surface area (Å²) < 4.78 is 1.73. The SMILES string of the molecule is CSc1nnc(SC(C)C(=O)Nc2ccccc2)s1. The lowest BCUT2D eigenvalue weighted by atomic mass is 10.3. The zero-order valence-corrected chi connectivity index (χ0v) is 12.9. The summed E-state index contributed by atoms with van der Waals surface area (Å²) in [4.78, 5) is 12.0. The molecule has 1 atom stereocenters. The Labute approximate surface area is 124 Å². The fourth-order valence-corrected chi connectivity index (χ4v) is 3.88. The van der Waals surface area contributed by atoms with E-state index in [-0.39, 0.29) is 11.2 Å². The predicted octanol–water partition coefficient (Wildman–Crippen LogP) is 3.38. The lowest BCUT2D eigenvalue weighted by Crippen LogP contribution is -2.22. The molecule has 1 aromatic carbocycles. The third-order valence-corrected chi connectivity index (χ3v) is 5.33. The first-order valence-corrected chi connectivity index (χ1v) is 8.51. The van der Waals surface area contributed by atoms with E-state index in [1.165, 1.54) is 23.1 Å². The van der Waals surface area contributed by atoms with Crippen molar-refractivity contribution in [2.75, 3.05) is 11.6 Å². The van der Waals surface area contributed by atoms with Crippen LogP contribution in [-0.2, 0) is 4.79 Å². The fourth-order valence-electron chi connectivity index (χ4n) is 1.30. The van der Waals surface area contributed by atoms with Crippen LogP contribution in [0.1, 0.15) is 6.92 Å². The normalized spacial score (nSPS) is 12.1. The number of aromatic nitrogens is 2. The molecule has 1 amide bonds. The molecule has 0 saturated carbocycles. The number of hydrogen-bond donors (Lipinski definition) is 1. The molecule has 0 saturated heterocycles. The van der Waals surface area contributed by atoms with Gasteiger partial charge in [0.25, 0.3) is 0 Å². The molecule has 100 valence electrons. The Balaban J connectivity index is 1.92. The van der Waals surface area contributed by atoms with E-state index in [1.54, 1.807) is 11.8 Å². The maximum Gasteiger partial charge on any atom is 0.237 e. The molecule has 0 spiro atoms. The summed E-state index contributed by atoms with van der Waals surface area (Å²) in [6.07, 6.45) is 1.96. The van der Waals surface area contributed by atoms with Gasteiger partial charge >= 0.3 is 0 Å². The Hall–Kier alpha value is -1.05. The van der Waals surface area contributed by atoms with E-state index in [0.717, 1.165) is 14.4 Å². The third-order valence-electron chi connectivity index (χ3n) is 2.25. The molecule has 0 aliphatic carbocycles. The minimum absolute atomic E-state index is 0.0305. The van der Waals surface area contributed by atoms with Crippen molar-refractivity contribution in [1.82, 2.24) is 10.2 Å². The van der Waals surface area contributed by atoms with Gasteiger partial charge in [-0.25, -0.2) is 0 Å². The van der Waals surface area contributed by atoms with Crippen molar-refractivity contribution in [2.24, 2.45) is 0 Å². The number of anilines is 1. The first kappa shape index (κ1) is 14.4. The predicted molar refractivity (Wildman–Crippen MR) is 82.1 cm³/mol. The Bertz CT molecular complexity index is 544. The van der Waals surface area contributed by atoms with Crippen LogP contribution >= 0.6 is 34.9 Å². The van der Waals surface area contributed by atoms with Gasteiger partial charge in [0, 0.05) is 5.69 Å². The van der Waals surface area contributed by atoms with Crippen LogP contribution in [0.4, 0.5) is 5.69 Å². The van der Waals surface area contributed by atoms with E-state index < -0.39 is 0 Å². The number of nitrogens with one attached hydrogen (secondary N) is 1. The monoisotopic (exact) mass is 311 g/mol. The van der Waals surface area contributed by atoms with Crippen LogP contribution in [0.2, 0.25) is 0 Å². The standard InChI is InChI=1S/C12H13N3OS3/c1-8(18-12-15-14-11(17-2)19-12)10(16)13-9-6-4-3-5-7-9/h3-8H,1-2H3,(H,13,16). The van der Waals surface area contributed by atoms with E-state index in [0.29, 0.717) is 0 Å². The van der Waals surface area contributed by atoms with Crippen LogP contribution in [0.3, 0.4) is 0 Å². The van der Waals surface area contributed by atoms with Crippen molar-refractivity contribution in [3.63, 3.8) is 0 Å². The number of amides is 1. The quantitative estimate of drug-likeness (QED) is 0.858. The maximum atomic E-state index is 12.0. The Morgan fingerprint density at radius 2 is 1.95 bits per heavy atom. The van der Waals surface area contributed by atoms with Gasteiger partial charge in [0.1, 0.15) is 0 Å². The van der Waals surface area contributed by atoms with Crippen LogP contribution in [0.25, 0.3) is 0 Å². The zero-order chi connectivity index (χ0) is 13.7. The highest BCUT2D eigenvalue weighted by molar-refractivity contribution is 8.03. The molecule has 0 aliphatic rings. The number of benzene rings is 1. The van der Waals surface area contributed by atoms with Gasteiger partial charge in [-0.2, -0.15) is 0 Å². The number of para-hydroxylation sites is 1. The molecular formula is C12H13N3OS3. The molecule has 19 heavy (non-hydrogen) atoms. The molecule has 1 heterocycles. The third kappa shape index (κ3) is 4.22. The number of carbonyl (C=O) groups excluding carboxylic acids is 1. The Kier molecular flexibility index (Phi) is 5.24. The number of rotatable bonds is 5. The fraction of sp³-hybridized carbons (Fsp3) is 0.250. The molecule has 0 radical (unpaired) electrons. The number of carbonyl (C=O) groups is 1. The van der Waals surface area contributed by atoms with Crippen molar-refractivity contribution in [2.45, 2.75) is 20.9 Å². The summed E-state index contributed by atoms with van der Waals surface area (Å²) >= 11 is 4.49. The largest absolute Gasteiger partial charge is 0.325 e. The van der Waals surface area contributed by atoms with Gasteiger partial charge in [0.05, 0.1) is 5.25 Å². The molecule has 2 aromatic rings. The molecule has 4 nitrogen and oxygen atoms in total. The number of thioether (sulfide) groups is 2. The summed E-state index contributed by atoms with van der Waals surface area (Å²) in [7, 11) is 0. The first-order valence-electron chi connectivity index (χ1n) is 5.59. The summed E-state index contributed by atoms with van der Waals surface area (Å²) in [5, 5.41) is 10.7. The summed E-state index contributed by atoms with van der Waals surface area (Å²) in [5.74, 6) is -0.0305. The molecular weight excluding hydrogens is 298 g/mol. The highest BCUT2D eigenvalue weighted by atomic mass is 32.2. The topological polar surface area (TPSA) is 54.9 Å². The highest BCUT2D eigenvalue weighted by Crippen LogP contribution is 2.30. The van der Waals surface area contributed by atoms with E-state index in [9.17, 15) is 4.79 Å². The second kappa shape index (κ2) is 6.93. The minimum Gasteiger partial charge on any atom is -0.325 e. The van der Waals surface area contributed by atoms with Crippen LogP contribution in [0, 0.1) is 0 Å². The van der Waals surface area contributed by atoms with Crippen LogP contribution in [0.5, 0.6) is 0 Å². The molecule has 0 fully saturated rings. The average molecular weight is 311 g/mol. The maximum absolute atomic E-state index is 12.0. The van der Waals surface area contributed by atoms with E-state index in [1.807, 2.05) is 43.5 Å². The molecule has 2 rings (SSSR count). The lowest BCUT2D eigenvalue weighted by Gasteiger charge is -2.09. The lowest BCUT2D eigenvalue weighted by molar-refractivity contribution is -0.115. The van der Waals surface area contributed by atoms with Gasteiger partial charge in [-0.1, -0.05) is 53.1 Å². The molecule has 1 N–H and O–H groups in total.